The minimum atomic E-state index is -4.48. The predicted octanol–water partition coefficient (Wildman–Crippen LogP) is 6.03. The van der Waals surface area contributed by atoms with Gasteiger partial charge in [-0.25, -0.2) is 0 Å². The number of alkyl halides is 3. The van der Waals surface area contributed by atoms with Gasteiger partial charge in [0, 0.05) is 22.0 Å². The maximum absolute atomic E-state index is 12.8. The van der Waals surface area contributed by atoms with E-state index in [1.807, 2.05) is 0 Å². The molecule has 0 amide bonds. The molecule has 2 aromatic heterocycles. The van der Waals surface area contributed by atoms with Gasteiger partial charge in [0.2, 0.25) is 0 Å². The van der Waals surface area contributed by atoms with Gasteiger partial charge in [-0.3, -0.25) is 4.79 Å². The van der Waals surface area contributed by atoms with E-state index in [-0.39, 0.29) is 10.9 Å². The fourth-order valence-electron chi connectivity index (χ4n) is 2.23. The molecule has 0 atom stereocenters. The number of aldehydes is 1. The van der Waals surface area contributed by atoms with Crippen molar-refractivity contribution >= 4 is 51.7 Å². The molecule has 0 aliphatic rings. The van der Waals surface area contributed by atoms with Crippen LogP contribution in [0.1, 0.15) is 15.9 Å². The van der Waals surface area contributed by atoms with Gasteiger partial charge in [-0.15, -0.1) is 11.3 Å². The Kier molecular flexibility index (Phi) is 3.71. The van der Waals surface area contributed by atoms with Crippen molar-refractivity contribution in [2.45, 2.75) is 6.18 Å². The molecule has 2 nitrogen and oxygen atoms in total. The number of benzene rings is 1. The highest BCUT2D eigenvalue weighted by Gasteiger charge is 2.31. The Balaban J connectivity index is 2.29. The monoisotopic (exact) mass is 363 g/mol. The molecule has 0 unspecified atom stereocenters. The Bertz CT molecular complexity index is 882. The molecule has 0 aliphatic carbocycles. The molecule has 1 aromatic carbocycles. The number of nitrogens with one attached hydrogen (secondary N) is 1. The summed E-state index contributed by atoms with van der Waals surface area (Å²) in [6, 6.07) is 4.76. The van der Waals surface area contributed by atoms with E-state index in [1.54, 1.807) is 6.07 Å². The number of aromatic amines is 1. The van der Waals surface area contributed by atoms with E-state index < -0.39 is 11.7 Å². The summed E-state index contributed by atoms with van der Waals surface area (Å²) in [4.78, 5) is 14.3. The molecular formula is C14H6Cl2F3NOS. The number of aromatic nitrogens is 1. The Hall–Kier alpha value is -1.50. The molecule has 0 fully saturated rings. The zero-order valence-electron chi connectivity index (χ0n) is 10.6. The van der Waals surface area contributed by atoms with E-state index in [9.17, 15) is 18.0 Å². The molecule has 0 aliphatic heterocycles. The quantitative estimate of drug-likeness (QED) is 0.553. The van der Waals surface area contributed by atoms with Crippen LogP contribution in [-0.4, -0.2) is 11.3 Å². The molecule has 0 radical (unpaired) electrons. The van der Waals surface area contributed by atoms with E-state index in [1.165, 1.54) is 6.07 Å². The van der Waals surface area contributed by atoms with Gasteiger partial charge < -0.3 is 4.98 Å². The first-order valence-electron chi connectivity index (χ1n) is 5.94. The molecule has 3 aromatic rings. The highest BCUT2D eigenvalue weighted by atomic mass is 35.5. The van der Waals surface area contributed by atoms with Crippen molar-refractivity contribution in [2.75, 3.05) is 0 Å². The summed E-state index contributed by atoms with van der Waals surface area (Å²) in [5.41, 5.74) is 0.574. The van der Waals surface area contributed by atoms with Crippen LogP contribution in [0.5, 0.6) is 0 Å². The van der Waals surface area contributed by atoms with E-state index >= 15 is 0 Å². The smallest absolute Gasteiger partial charge is 0.354 e. The third kappa shape index (κ3) is 2.51. The first-order valence-corrected chi connectivity index (χ1v) is 7.52. The minimum absolute atomic E-state index is 0.123. The van der Waals surface area contributed by atoms with Gasteiger partial charge in [0.25, 0.3) is 0 Å². The van der Waals surface area contributed by atoms with Crippen LogP contribution in [0.4, 0.5) is 13.2 Å². The van der Waals surface area contributed by atoms with Gasteiger partial charge in [0.1, 0.15) is 4.34 Å². The average molecular weight is 364 g/mol. The third-order valence-electron chi connectivity index (χ3n) is 3.21. The van der Waals surface area contributed by atoms with Crippen molar-refractivity contribution in [3.8, 4) is 11.3 Å². The maximum Gasteiger partial charge on any atom is 0.416 e. The lowest BCUT2D eigenvalue weighted by atomic mass is 10.1. The lowest BCUT2D eigenvalue weighted by Gasteiger charge is -2.05. The van der Waals surface area contributed by atoms with Crippen LogP contribution in [0.2, 0.25) is 8.67 Å². The molecule has 0 saturated carbocycles. The number of halogens is 5. The Morgan fingerprint density at radius 3 is 2.45 bits per heavy atom. The van der Waals surface area contributed by atoms with E-state index in [2.05, 4.69) is 4.98 Å². The lowest BCUT2D eigenvalue weighted by molar-refractivity contribution is -0.137. The van der Waals surface area contributed by atoms with Crippen LogP contribution in [0.25, 0.3) is 22.2 Å². The number of carbonyl (C=O) groups is 1. The van der Waals surface area contributed by atoms with Crippen LogP contribution in [0.15, 0.2) is 24.3 Å². The zero-order chi connectivity index (χ0) is 16.1. The van der Waals surface area contributed by atoms with Crippen LogP contribution < -0.4 is 0 Å². The van der Waals surface area contributed by atoms with E-state index in [0.29, 0.717) is 31.7 Å². The van der Waals surface area contributed by atoms with Crippen molar-refractivity contribution in [1.29, 1.82) is 0 Å². The van der Waals surface area contributed by atoms with Crippen molar-refractivity contribution in [1.82, 2.24) is 4.98 Å². The van der Waals surface area contributed by atoms with E-state index in [4.69, 9.17) is 23.2 Å². The maximum atomic E-state index is 12.8. The highest BCUT2D eigenvalue weighted by Crippen LogP contribution is 2.41. The Morgan fingerprint density at radius 2 is 1.91 bits per heavy atom. The number of hydrogen-bond donors (Lipinski definition) is 1. The zero-order valence-corrected chi connectivity index (χ0v) is 12.9. The van der Waals surface area contributed by atoms with Gasteiger partial charge in [0.15, 0.2) is 6.29 Å². The summed E-state index contributed by atoms with van der Waals surface area (Å²) in [6.07, 6.45) is -3.97. The first-order chi connectivity index (χ1) is 10.3. The average Bonchev–Trinajstić information content (AvgIpc) is 2.96. The number of hydrogen-bond acceptors (Lipinski definition) is 2. The second-order valence-corrected chi connectivity index (χ2v) is 6.81. The number of fused-ring (bicyclic) bond motifs is 1. The molecule has 8 heteroatoms. The molecular weight excluding hydrogens is 358 g/mol. The highest BCUT2D eigenvalue weighted by molar-refractivity contribution is 7.20. The van der Waals surface area contributed by atoms with Crippen LogP contribution in [0.3, 0.4) is 0 Å². The van der Waals surface area contributed by atoms with Crippen molar-refractivity contribution < 1.29 is 18.0 Å². The number of thiophene rings is 1. The number of H-pyrrole nitrogens is 1. The predicted molar refractivity (Wildman–Crippen MR) is 82.0 cm³/mol. The standard InChI is InChI=1S/C14H6Cl2F3NOS/c15-11-4-8(13(16)22-11)12-9(5-21)7-3-6(14(17,18)19)1-2-10(7)20-12/h1-5,20H. The summed E-state index contributed by atoms with van der Waals surface area (Å²) >= 11 is 13.1. The topological polar surface area (TPSA) is 32.9 Å². The molecule has 0 spiro atoms. The van der Waals surface area contributed by atoms with Gasteiger partial charge in [-0.1, -0.05) is 23.2 Å². The van der Waals surface area contributed by atoms with Crippen molar-refractivity contribution in [3.05, 3.63) is 44.1 Å². The van der Waals surface area contributed by atoms with Crippen LogP contribution >= 0.6 is 34.5 Å². The van der Waals surface area contributed by atoms with E-state index in [0.717, 1.165) is 23.5 Å². The fraction of sp³-hybridized carbons (Fsp3) is 0.0714. The Morgan fingerprint density at radius 1 is 1.18 bits per heavy atom. The SMILES string of the molecule is O=Cc1c(-c2cc(Cl)sc2Cl)[nH]c2ccc(C(F)(F)F)cc12. The van der Waals surface area contributed by atoms with Gasteiger partial charge >= 0.3 is 6.18 Å². The number of carbonyl (C=O) groups excluding carboxylic acids is 1. The molecule has 22 heavy (non-hydrogen) atoms. The molecule has 1 N–H and O–H groups in total. The molecule has 0 bridgehead atoms. The summed E-state index contributed by atoms with van der Waals surface area (Å²) < 4.78 is 39.2. The minimum Gasteiger partial charge on any atom is -0.354 e. The third-order valence-corrected chi connectivity index (χ3v) is 4.70. The molecule has 3 rings (SSSR count). The molecule has 0 saturated heterocycles. The molecule has 2 heterocycles. The summed E-state index contributed by atoms with van der Waals surface area (Å²) in [6.45, 7) is 0. The van der Waals surface area contributed by atoms with Gasteiger partial charge in [0.05, 0.1) is 15.6 Å². The van der Waals surface area contributed by atoms with Gasteiger partial charge in [-0.2, -0.15) is 13.2 Å². The second-order valence-electron chi connectivity index (χ2n) is 4.53. The van der Waals surface area contributed by atoms with Gasteiger partial charge in [-0.05, 0) is 24.3 Å². The summed E-state index contributed by atoms with van der Waals surface area (Å²) in [7, 11) is 0. The lowest BCUT2D eigenvalue weighted by Crippen LogP contribution is -2.04. The first kappa shape index (κ1) is 15.4. The largest absolute Gasteiger partial charge is 0.416 e. The normalized spacial score (nSPS) is 12.0. The summed E-state index contributed by atoms with van der Waals surface area (Å²) in [5.74, 6) is 0. The Labute approximate surface area is 136 Å². The second kappa shape index (κ2) is 5.30. The number of rotatable bonds is 2. The fourth-order valence-corrected chi connectivity index (χ4v) is 3.71. The van der Waals surface area contributed by atoms with Crippen molar-refractivity contribution in [2.24, 2.45) is 0 Å². The van der Waals surface area contributed by atoms with Crippen molar-refractivity contribution in [3.63, 3.8) is 0 Å². The molecule has 114 valence electrons. The van der Waals surface area contributed by atoms with Crippen LogP contribution in [-0.2, 0) is 6.18 Å². The van der Waals surface area contributed by atoms with Crippen LogP contribution in [0, 0.1) is 0 Å². The summed E-state index contributed by atoms with van der Waals surface area (Å²) in [5, 5.41) is 0.193.